The molecule has 1 amide bonds. The van der Waals surface area contributed by atoms with Crippen LogP contribution in [0.5, 0.6) is 5.75 Å². The number of rotatable bonds is 7. The summed E-state index contributed by atoms with van der Waals surface area (Å²) >= 11 is 0. The summed E-state index contributed by atoms with van der Waals surface area (Å²) in [6.07, 6.45) is 2.57. The third kappa shape index (κ3) is 4.24. The summed E-state index contributed by atoms with van der Waals surface area (Å²) in [4.78, 5) is 45.8. The number of benzene rings is 1. The fourth-order valence-corrected chi connectivity index (χ4v) is 7.61. The number of phenols is 1. The number of aliphatic hydroxyl groups is 3. The lowest BCUT2D eigenvalue weighted by Gasteiger charge is -2.50. The summed E-state index contributed by atoms with van der Waals surface area (Å²) in [7, 11) is 3.24. The van der Waals surface area contributed by atoms with Gasteiger partial charge in [-0.1, -0.05) is 0 Å². The van der Waals surface area contributed by atoms with Gasteiger partial charge in [-0.3, -0.25) is 24.2 Å². The van der Waals surface area contributed by atoms with E-state index in [9.17, 15) is 34.8 Å². The maximum Gasteiger partial charge on any atom is 0.255 e. The number of Topliss-reactive ketones (excluding diaryl/α,β-unsaturated/α-hetero) is 2. The van der Waals surface area contributed by atoms with Crippen molar-refractivity contribution < 1.29 is 34.8 Å². The van der Waals surface area contributed by atoms with Crippen LogP contribution in [0.15, 0.2) is 28.7 Å². The minimum absolute atomic E-state index is 0.0536. The third-order valence-electron chi connectivity index (χ3n) is 9.45. The van der Waals surface area contributed by atoms with Crippen molar-refractivity contribution in [3.05, 3.63) is 45.4 Å². The SMILES string of the molecule is CCN(CC)c1c(CN2CCCC2)cc(O)c2c1C[C@H]1C[C@H]3[C@H](N(C)C)C(O)=C(C(N)=O)C(=O)[C@@]3(O)C(O)=C1C2=O. The number of allylic oxidation sites excluding steroid dienone is 1. The maximum atomic E-state index is 14.1. The molecule has 11 heteroatoms. The number of ketones is 2. The number of carbonyl (C=O) groups excluding carboxylic acids is 3. The molecule has 1 aromatic rings. The van der Waals surface area contributed by atoms with Gasteiger partial charge in [0.2, 0.25) is 5.78 Å². The zero-order valence-electron chi connectivity index (χ0n) is 24.1. The second-order valence-electron chi connectivity index (χ2n) is 11.9. The molecule has 6 N–H and O–H groups in total. The number of nitrogens with zero attached hydrogens (tertiary/aromatic N) is 3. The van der Waals surface area contributed by atoms with Crippen molar-refractivity contribution >= 4 is 23.2 Å². The predicted molar refractivity (Wildman–Crippen MR) is 152 cm³/mol. The Balaban J connectivity index is 1.70. The van der Waals surface area contributed by atoms with Crippen LogP contribution >= 0.6 is 0 Å². The van der Waals surface area contributed by atoms with Crippen LogP contribution in [0.3, 0.4) is 0 Å². The lowest BCUT2D eigenvalue weighted by molar-refractivity contribution is -0.148. The minimum Gasteiger partial charge on any atom is -0.510 e. The molecule has 0 spiro atoms. The van der Waals surface area contributed by atoms with Crippen LogP contribution in [0.4, 0.5) is 5.69 Å². The van der Waals surface area contributed by atoms with Crippen molar-refractivity contribution in [1.82, 2.24) is 9.80 Å². The van der Waals surface area contributed by atoms with Crippen LogP contribution in [0.1, 0.15) is 54.6 Å². The lowest BCUT2D eigenvalue weighted by Crippen LogP contribution is -2.63. The second-order valence-corrected chi connectivity index (χ2v) is 11.9. The maximum absolute atomic E-state index is 14.1. The van der Waals surface area contributed by atoms with Gasteiger partial charge in [0.1, 0.15) is 22.8 Å². The molecule has 5 rings (SSSR count). The molecule has 0 saturated carbocycles. The van der Waals surface area contributed by atoms with Crippen LogP contribution in [0, 0.1) is 11.8 Å². The molecule has 222 valence electrons. The first-order valence-corrected chi connectivity index (χ1v) is 14.4. The number of fused-ring (bicyclic) bond motifs is 3. The van der Waals surface area contributed by atoms with Crippen molar-refractivity contribution in [1.29, 1.82) is 0 Å². The fourth-order valence-electron chi connectivity index (χ4n) is 7.61. The zero-order valence-corrected chi connectivity index (χ0v) is 24.1. The summed E-state index contributed by atoms with van der Waals surface area (Å²) in [5.74, 6) is -6.41. The number of anilines is 1. The summed E-state index contributed by atoms with van der Waals surface area (Å²) in [6, 6.07) is 0.610. The Labute approximate surface area is 239 Å². The Kier molecular flexibility index (Phi) is 7.42. The topological polar surface area (TPSA) is 168 Å². The molecule has 0 bridgehead atoms. The van der Waals surface area contributed by atoms with Gasteiger partial charge in [0.25, 0.3) is 5.91 Å². The van der Waals surface area contributed by atoms with Gasteiger partial charge < -0.3 is 31.1 Å². The molecule has 1 saturated heterocycles. The van der Waals surface area contributed by atoms with Crippen LogP contribution in [-0.2, 0) is 22.6 Å². The zero-order chi connectivity index (χ0) is 30.0. The van der Waals surface area contributed by atoms with Gasteiger partial charge in [0.05, 0.1) is 11.6 Å². The number of likely N-dealkylation sites (tertiary alicyclic amines) is 1. The third-order valence-corrected chi connectivity index (χ3v) is 9.45. The van der Waals surface area contributed by atoms with Crippen LogP contribution in [-0.4, -0.2) is 99.6 Å². The van der Waals surface area contributed by atoms with Gasteiger partial charge >= 0.3 is 0 Å². The van der Waals surface area contributed by atoms with E-state index in [1.165, 1.54) is 0 Å². The number of hydrogen-bond donors (Lipinski definition) is 5. The molecule has 1 aromatic carbocycles. The molecule has 4 atom stereocenters. The molecule has 3 aliphatic carbocycles. The first-order chi connectivity index (χ1) is 19.4. The van der Waals surface area contributed by atoms with E-state index in [2.05, 4.69) is 9.80 Å². The Bertz CT molecular complexity index is 1370. The van der Waals surface area contributed by atoms with Crippen molar-refractivity contribution in [2.24, 2.45) is 17.6 Å². The van der Waals surface area contributed by atoms with E-state index in [0.717, 1.165) is 37.2 Å². The van der Waals surface area contributed by atoms with E-state index in [-0.39, 0.29) is 29.7 Å². The smallest absolute Gasteiger partial charge is 0.255 e. The van der Waals surface area contributed by atoms with E-state index in [1.54, 1.807) is 25.1 Å². The molecule has 11 nitrogen and oxygen atoms in total. The number of carbonyl (C=O) groups is 3. The van der Waals surface area contributed by atoms with Gasteiger partial charge in [0, 0.05) is 36.8 Å². The highest BCUT2D eigenvalue weighted by Gasteiger charge is 2.63. The first-order valence-electron chi connectivity index (χ1n) is 14.4. The van der Waals surface area contributed by atoms with Crippen LogP contribution in [0.25, 0.3) is 0 Å². The molecule has 1 fully saturated rings. The molecular formula is C30H40N4O7. The average Bonchev–Trinajstić information content (AvgIpc) is 3.41. The molecule has 0 radical (unpaired) electrons. The van der Waals surface area contributed by atoms with Crippen molar-refractivity contribution in [3.63, 3.8) is 0 Å². The highest BCUT2D eigenvalue weighted by Crippen LogP contribution is 2.53. The van der Waals surface area contributed by atoms with E-state index in [0.29, 0.717) is 25.2 Å². The lowest BCUT2D eigenvalue weighted by atomic mass is 9.58. The number of phenolic OH excluding ortho intramolecular Hbond substituents is 1. The van der Waals surface area contributed by atoms with Crippen LogP contribution in [0.2, 0.25) is 0 Å². The Morgan fingerprint density at radius 1 is 1.12 bits per heavy atom. The molecule has 1 heterocycles. The Hall–Kier alpha value is -3.41. The van der Waals surface area contributed by atoms with E-state index >= 15 is 0 Å². The summed E-state index contributed by atoms with van der Waals surface area (Å²) in [5, 5.41) is 45.5. The number of nitrogens with two attached hydrogens (primary N) is 1. The minimum atomic E-state index is -2.64. The number of amides is 1. The molecule has 4 aliphatic rings. The van der Waals surface area contributed by atoms with Gasteiger partial charge in [-0.2, -0.15) is 0 Å². The van der Waals surface area contributed by atoms with Gasteiger partial charge in [-0.25, -0.2) is 0 Å². The van der Waals surface area contributed by atoms with Crippen molar-refractivity contribution in [3.8, 4) is 5.75 Å². The van der Waals surface area contributed by atoms with E-state index in [4.69, 9.17) is 5.73 Å². The summed E-state index contributed by atoms with van der Waals surface area (Å²) in [6.45, 7) is 7.99. The quantitative estimate of drug-likeness (QED) is 0.305. The highest BCUT2D eigenvalue weighted by atomic mass is 16.3. The molecule has 1 aliphatic heterocycles. The standard InChI is InChI=1S/C30H40N4O7/c1-5-34(6-2)23-16(14-33-9-7-8-10-33)13-19(35)21-17(23)11-15-12-18-24(32(3)4)26(37)22(29(31)40)28(39)30(18,41)27(38)20(15)25(21)36/h13,15,18,24,35,37-38,41H,5-12,14H2,1-4H3,(H2,31,40)/t15-,18-,24-,30-/m0/s1. The normalized spacial score (nSPS) is 28.2. The monoisotopic (exact) mass is 568 g/mol. The number of hydrogen-bond acceptors (Lipinski definition) is 10. The number of aliphatic hydroxyl groups excluding tert-OH is 2. The molecule has 0 aromatic heterocycles. The van der Waals surface area contributed by atoms with Gasteiger partial charge in [-0.05, 0) is 89.8 Å². The number of primary amides is 1. The molecular weight excluding hydrogens is 528 g/mol. The van der Waals surface area contributed by atoms with Gasteiger partial charge in [0.15, 0.2) is 11.4 Å². The summed E-state index contributed by atoms with van der Waals surface area (Å²) in [5.41, 5.74) is 4.37. The van der Waals surface area contributed by atoms with Gasteiger partial charge in [-0.15, -0.1) is 0 Å². The summed E-state index contributed by atoms with van der Waals surface area (Å²) < 4.78 is 0. The molecule has 41 heavy (non-hydrogen) atoms. The second kappa shape index (κ2) is 10.5. The van der Waals surface area contributed by atoms with Crippen molar-refractivity contribution in [2.45, 2.75) is 57.7 Å². The largest absolute Gasteiger partial charge is 0.510 e. The van der Waals surface area contributed by atoms with E-state index < -0.39 is 58.0 Å². The fraction of sp³-hybridized carbons (Fsp3) is 0.567. The van der Waals surface area contributed by atoms with Crippen LogP contribution < -0.4 is 10.6 Å². The average molecular weight is 569 g/mol. The van der Waals surface area contributed by atoms with Crippen molar-refractivity contribution in [2.75, 3.05) is 45.2 Å². The predicted octanol–water partition coefficient (Wildman–Crippen LogP) is 1.56. The highest BCUT2D eigenvalue weighted by molar-refractivity contribution is 6.24. The van der Waals surface area contributed by atoms with E-state index in [1.807, 2.05) is 13.8 Å². The number of aromatic hydroxyl groups is 1. The number of likely N-dealkylation sites (N-methyl/N-ethyl adjacent to an activating group) is 1. The molecule has 0 unspecified atom stereocenters. The Morgan fingerprint density at radius 3 is 2.32 bits per heavy atom. The Morgan fingerprint density at radius 2 is 1.76 bits per heavy atom. The first kappa shape index (κ1) is 29.1.